The van der Waals surface area contributed by atoms with E-state index in [2.05, 4.69) is 14.1 Å². The summed E-state index contributed by atoms with van der Waals surface area (Å²) in [7, 11) is 0. The van der Waals surface area contributed by atoms with Crippen LogP contribution < -0.4 is 10.1 Å². The minimum atomic E-state index is -0.600. The van der Waals surface area contributed by atoms with Crippen LogP contribution in [0, 0.1) is 0 Å². The quantitative estimate of drug-likeness (QED) is 0.763. The number of aliphatic hydroxyl groups excluding tert-OH is 1. The lowest BCUT2D eigenvalue weighted by molar-refractivity contribution is 0.115. The molecule has 2 N–H and O–H groups in total. The number of ether oxygens (including phenoxy) is 1. The molecule has 0 aliphatic carbocycles. The maximum atomic E-state index is 9.83. The Hall–Kier alpha value is -1.31. The molecule has 1 heterocycles. The molecule has 0 aliphatic heterocycles. The van der Waals surface area contributed by atoms with Crippen molar-refractivity contribution >= 4 is 29.2 Å². The van der Waals surface area contributed by atoms with E-state index in [-0.39, 0.29) is 6.61 Å². The first-order valence-electron chi connectivity index (χ1n) is 5.75. The first-order valence-corrected chi connectivity index (χ1v) is 7.70. The van der Waals surface area contributed by atoms with Gasteiger partial charge >= 0.3 is 0 Å². The summed E-state index contributed by atoms with van der Waals surface area (Å²) in [5.74, 6) is 0.452. The zero-order valence-corrected chi connectivity index (χ0v) is 12.1. The molecule has 2 rings (SSSR count). The highest BCUT2D eigenvalue weighted by Gasteiger charge is 2.07. The fourth-order valence-corrected chi connectivity index (χ4v) is 2.42. The van der Waals surface area contributed by atoms with Crippen molar-refractivity contribution in [3.8, 4) is 5.88 Å². The van der Waals surface area contributed by atoms with Crippen molar-refractivity contribution in [1.29, 1.82) is 0 Å². The van der Waals surface area contributed by atoms with Crippen molar-refractivity contribution < 1.29 is 9.84 Å². The summed E-state index contributed by atoms with van der Waals surface area (Å²) >= 11 is 2.75. The van der Waals surface area contributed by atoms with E-state index < -0.39 is 6.10 Å². The molecular formula is C12H15N3O2S2. The fraction of sp³-hybridized carbons (Fsp3) is 0.333. The van der Waals surface area contributed by atoms with Gasteiger partial charge in [-0.25, -0.2) is 0 Å². The van der Waals surface area contributed by atoms with Gasteiger partial charge in [0.2, 0.25) is 5.88 Å². The molecule has 1 aromatic carbocycles. The van der Waals surface area contributed by atoms with Crippen LogP contribution in [0.25, 0.3) is 0 Å². The minimum Gasteiger partial charge on any atom is -0.473 e. The summed E-state index contributed by atoms with van der Waals surface area (Å²) in [5, 5.41) is 13.0. The Bertz CT molecular complexity index is 493. The number of nitrogens with one attached hydrogen (secondary N) is 1. The van der Waals surface area contributed by atoms with Crippen molar-refractivity contribution in [3.05, 3.63) is 30.5 Å². The highest BCUT2D eigenvalue weighted by molar-refractivity contribution is 7.98. The Kier molecular flexibility index (Phi) is 5.44. The number of thioether (sulfide) groups is 1. The van der Waals surface area contributed by atoms with E-state index in [4.69, 9.17) is 4.74 Å². The van der Waals surface area contributed by atoms with Gasteiger partial charge in [-0.1, -0.05) is 12.1 Å². The molecule has 0 spiro atoms. The second-order valence-corrected chi connectivity index (χ2v) is 5.20. The van der Waals surface area contributed by atoms with Gasteiger partial charge in [-0.05, 0) is 18.4 Å². The number of para-hydroxylation sites is 1. The van der Waals surface area contributed by atoms with Crippen molar-refractivity contribution in [2.45, 2.75) is 11.0 Å². The first-order chi connectivity index (χ1) is 9.29. The van der Waals surface area contributed by atoms with Gasteiger partial charge < -0.3 is 15.2 Å². The van der Waals surface area contributed by atoms with Crippen LogP contribution in [-0.2, 0) is 0 Å². The summed E-state index contributed by atoms with van der Waals surface area (Å²) in [4.78, 5) is 1.15. The Morgan fingerprint density at radius 1 is 1.47 bits per heavy atom. The zero-order valence-electron chi connectivity index (χ0n) is 10.4. The SMILES string of the molecule is CSc1ccccc1NCC(O)COc1cnsn1. The summed E-state index contributed by atoms with van der Waals surface area (Å²) in [5.41, 5.74) is 1.02. The van der Waals surface area contributed by atoms with Gasteiger partial charge in [0.25, 0.3) is 0 Å². The Morgan fingerprint density at radius 3 is 3.05 bits per heavy atom. The summed E-state index contributed by atoms with van der Waals surface area (Å²) in [6.07, 6.45) is 2.96. The first kappa shape index (κ1) is 14.1. The third kappa shape index (κ3) is 4.38. The van der Waals surface area contributed by atoms with E-state index in [0.29, 0.717) is 12.4 Å². The third-order valence-electron chi connectivity index (χ3n) is 2.40. The summed E-state index contributed by atoms with van der Waals surface area (Å²) in [6.45, 7) is 0.620. The molecule has 0 saturated carbocycles. The van der Waals surface area contributed by atoms with Crippen LogP contribution in [0.5, 0.6) is 5.88 Å². The van der Waals surface area contributed by atoms with Crippen LogP contribution in [0.15, 0.2) is 35.4 Å². The van der Waals surface area contributed by atoms with Gasteiger partial charge in [-0.15, -0.1) is 16.1 Å². The molecule has 0 fully saturated rings. The number of benzene rings is 1. The second-order valence-electron chi connectivity index (χ2n) is 3.79. The predicted octanol–water partition coefficient (Wildman–Crippen LogP) is 2.11. The molecule has 2 aromatic rings. The number of nitrogens with zero attached hydrogens (tertiary/aromatic N) is 2. The molecule has 19 heavy (non-hydrogen) atoms. The highest BCUT2D eigenvalue weighted by atomic mass is 32.2. The molecule has 102 valence electrons. The number of hydrogen-bond donors (Lipinski definition) is 2. The van der Waals surface area contributed by atoms with Gasteiger partial charge in [0.1, 0.15) is 18.9 Å². The van der Waals surface area contributed by atoms with E-state index in [0.717, 1.165) is 22.3 Å². The Labute approximate surface area is 120 Å². The molecule has 0 amide bonds. The topological polar surface area (TPSA) is 67.3 Å². The van der Waals surface area contributed by atoms with Crippen LogP contribution in [0.1, 0.15) is 0 Å². The van der Waals surface area contributed by atoms with Crippen molar-refractivity contribution in [2.24, 2.45) is 0 Å². The standard InChI is InChI=1S/C12H15N3O2S2/c1-18-11-5-3-2-4-10(11)13-6-9(16)8-17-12-7-14-19-15-12/h2-5,7,9,13,16H,6,8H2,1H3. The van der Waals surface area contributed by atoms with Gasteiger partial charge in [0.05, 0.1) is 11.7 Å². The summed E-state index contributed by atoms with van der Waals surface area (Å²) in [6, 6.07) is 7.98. The van der Waals surface area contributed by atoms with Crippen LogP contribution in [-0.4, -0.2) is 39.4 Å². The van der Waals surface area contributed by atoms with E-state index in [1.807, 2.05) is 30.5 Å². The lowest BCUT2D eigenvalue weighted by atomic mass is 10.3. The number of aliphatic hydroxyl groups is 1. The van der Waals surface area contributed by atoms with Gasteiger partial charge in [-0.3, -0.25) is 0 Å². The second kappa shape index (κ2) is 7.32. The van der Waals surface area contributed by atoms with E-state index in [1.165, 1.54) is 6.20 Å². The molecule has 1 aromatic heterocycles. The predicted molar refractivity (Wildman–Crippen MR) is 78.1 cm³/mol. The molecule has 0 saturated heterocycles. The monoisotopic (exact) mass is 297 g/mol. The fourth-order valence-electron chi connectivity index (χ4n) is 1.48. The Balaban J connectivity index is 1.78. The van der Waals surface area contributed by atoms with E-state index in [9.17, 15) is 5.11 Å². The average molecular weight is 297 g/mol. The normalized spacial score (nSPS) is 12.1. The molecule has 7 heteroatoms. The molecule has 1 atom stereocenters. The average Bonchev–Trinajstić information content (AvgIpc) is 2.96. The van der Waals surface area contributed by atoms with Gasteiger partial charge in [-0.2, -0.15) is 4.37 Å². The number of aromatic nitrogens is 2. The number of hydrogen-bond acceptors (Lipinski definition) is 7. The number of rotatable bonds is 7. The lowest BCUT2D eigenvalue weighted by Gasteiger charge is -2.14. The zero-order chi connectivity index (χ0) is 13.5. The van der Waals surface area contributed by atoms with Crippen LogP contribution in [0.4, 0.5) is 5.69 Å². The maximum Gasteiger partial charge on any atom is 0.245 e. The summed E-state index contributed by atoms with van der Waals surface area (Å²) < 4.78 is 13.0. The van der Waals surface area contributed by atoms with Crippen molar-refractivity contribution in [1.82, 2.24) is 8.75 Å². The Morgan fingerprint density at radius 2 is 2.32 bits per heavy atom. The number of anilines is 1. The molecule has 5 nitrogen and oxygen atoms in total. The van der Waals surface area contributed by atoms with Crippen LogP contribution in [0.2, 0.25) is 0 Å². The maximum absolute atomic E-state index is 9.83. The van der Waals surface area contributed by atoms with Gasteiger partial charge in [0, 0.05) is 17.1 Å². The largest absolute Gasteiger partial charge is 0.473 e. The van der Waals surface area contributed by atoms with E-state index >= 15 is 0 Å². The molecule has 0 radical (unpaired) electrons. The lowest BCUT2D eigenvalue weighted by Crippen LogP contribution is -2.26. The highest BCUT2D eigenvalue weighted by Crippen LogP contribution is 2.24. The van der Waals surface area contributed by atoms with Crippen LogP contribution >= 0.6 is 23.5 Å². The smallest absolute Gasteiger partial charge is 0.245 e. The van der Waals surface area contributed by atoms with E-state index in [1.54, 1.807) is 11.8 Å². The molecular weight excluding hydrogens is 282 g/mol. The molecule has 0 bridgehead atoms. The van der Waals surface area contributed by atoms with Crippen molar-refractivity contribution in [2.75, 3.05) is 24.7 Å². The third-order valence-corrected chi connectivity index (χ3v) is 3.66. The van der Waals surface area contributed by atoms with Crippen LogP contribution in [0.3, 0.4) is 0 Å². The van der Waals surface area contributed by atoms with Gasteiger partial charge in [0.15, 0.2) is 0 Å². The molecule has 1 unspecified atom stereocenters. The molecule has 0 aliphatic rings. The minimum absolute atomic E-state index is 0.194. The van der Waals surface area contributed by atoms with Crippen molar-refractivity contribution in [3.63, 3.8) is 0 Å².